The van der Waals surface area contributed by atoms with Crippen LogP contribution in [-0.4, -0.2) is 44.8 Å². The van der Waals surface area contributed by atoms with Gasteiger partial charge in [0.05, 0.1) is 23.0 Å². The van der Waals surface area contributed by atoms with E-state index in [4.69, 9.17) is 14.2 Å². The quantitative estimate of drug-likeness (QED) is 0.187. The van der Waals surface area contributed by atoms with E-state index in [0.717, 1.165) is 11.8 Å². The molecule has 0 radical (unpaired) electrons. The Labute approximate surface area is 204 Å². The van der Waals surface area contributed by atoms with Crippen molar-refractivity contribution in [3.63, 3.8) is 0 Å². The minimum atomic E-state index is -0.660. The summed E-state index contributed by atoms with van der Waals surface area (Å²) in [5, 5.41) is 19.9. The average molecular weight is 496 g/mol. The molecule has 35 heavy (non-hydrogen) atoms. The van der Waals surface area contributed by atoms with Gasteiger partial charge in [-0.1, -0.05) is 6.07 Å². The van der Waals surface area contributed by atoms with Gasteiger partial charge in [-0.3, -0.25) is 10.1 Å². The van der Waals surface area contributed by atoms with Gasteiger partial charge in [-0.05, 0) is 61.5 Å². The van der Waals surface area contributed by atoms with Crippen LogP contribution >= 0.6 is 11.8 Å². The van der Waals surface area contributed by atoms with Crippen LogP contribution < -0.4 is 9.47 Å². The van der Waals surface area contributed by atoms with Crippen molar-refractivity contribution in [1.82, 2.24) is 14.8 Å². The second-order valence-corrected chi connectivity index (χ2v) is 8.18. The molecule has 0 fully saturated rings. The Balaban J connectivity index is 1.63. The van der Waals surface area contributed by atoms with Gasteiger partial charge in [0.15, 0.2) is 22.4 Å². The predicted molar refractivity (Wildman–Crippen MR) is 128 cm³/mol. The number of benzene rings is 2. The van der Waals surface area contributed by atoms with Crippen molar-refractivity contribution < 1.29 is 23.9 Å². The third-order valence-electron chi connectivity index (χ3n) is 4.77. The van der Waals surface area contributed by atoms with Crippen molar-refractivity contribution in [3.8, 4) is 11.5 Å². The molecule has 11 nitrogen and oxygen atoms in total. The van der Waals surface area contributed by atoms with Crippen LogP contribution in [0.25, 0.3) is 6.08 Å². The predicted octanol–water partition coefficient (Wildman–Crippen LogP) is 4.02. The minimum Gasteiger partial charge on any atom is -0.490 e. The average Bonchev–Trinajstić information content (AvgIpc) is 3.41. The fourth-order valence-corrected chi connectivity index (χ4v) is 4.04. The van der Waals surface area contributed by atoms with Gasteiger partial charge < -0.3 is 18.8 Å². The minimum absolute atomic E-state index is 0.0230. The number of nitrogens with zero attached hydrogens (tertiary/aromatic N) is 5. The summed E-state index contributed by atoms with van der Waals surface area (Å²) in [6, 6.07) is 9.74. The Kier molecular flexibility index (Phi) is 7.11. The summed E-state index contributed by atoms with van der Waals surface area (Å²) in [5.74, 6) is 0.529. The number of hydrogen-bond donors (Lipinski definition) is 0. The smallest absolute Gasteiger partial charge is 0.363 e. The fraction of sp³-hybridized carbons (Fsp3) is 0.217. The van der Waals surface area contributed by atoms with Crippen molar-refractivity contribution in [1.29, 1.82) is 0 Å². The molecule has 0 unspecified atom stereocenters. The Bertz CT molecular complexity index is 1350. The fourth-order valence-electron chi connectivity index (χ4n) is 3.19. The zero-order valence-corrected chi connectivity index (χ0v) is 19.9. The molecule has 2 heterocycles. The maximum Gasteiger partial charge on any atom is 0.363 e. The Hall–Kier alpha value is -4.19. The van der Waals surface area contributed by atoms with Crippen molar-refractivity contribution in [3.05, 3.63) is 69.7 Å². The number of aromatic nitrogens is 3. The lowest BCUT2D eigenvalue weighted by atomic mass is 10.1. The van der Waals surface area contributed by atoms with Crippen LogP contribution in [0.1, 0.15) is 25.0 Å². The molecule has 0 atom stereocenters. The number of carbonyl (C=O) groups is 1. The van der Waals surface area contributed by atoms with Crippen LogP contribution in [0.15, 0.2) is 63.5 Å². The summed E-state index contributed by atoms with van der Waals surface area (Å²) in [7, 11) is 1.75. The van der Waals surface area contributed by atoms with Crippen LogP contribution in [0, 0.1) is 10.1 Å². The number of nitro benzene ring substituents is 1. The molecule has 1 aliphatic rings. The first-order valence-electron chi connectivity index (χ1n) is 10.6. The lowest BCUT2D eigenvalue weighted by Gasteiger charge is -2.11. The number of esters is 1. The molecule has 0 saturated carbocycles. The van der Waals surface area contributed by atoms with E-state index >= 15 is 0 Å². The molecule has 12 heteroatoms. The Morgan fingerprint density at radius 3 is 2.60 bits per heavy atom. The van der Waals surface area contributed by atoms with Gasteiger partial charge in [-0.25, -0.2) is 9.79 Å². The van der Waals surface area contributed by atoms with Crippen molar-refractivity contribution >= 4 is 35.4 Å². The van der Waals surface area contributed by atoms with Crippen molar-refractivity contribution in [2.45, 2.75) is 23.9 Å². The molecule has 3 aromatic rings. The van der Waals surface area contributed by atoms with E-state index in [9.17, 15) is 14.9 Å². The molecular formula is C23H21N5O6S. The van der Waals surface area contributed by atoms with Crippen LogP contribution in [0.2, 0.25) is 0 Å². The molecule has 0 aliphatic carbocycles. The number of nitro groups is 1. The SMILES string of the molecule is CCOc1ccc(C2=N/C(=C/c3ccc(Sc4nncn4C)c([N+](=O)[O-])c3)C(=O)O2)cc1OCC. The summed E-state index contributed by atoms with van der Waals surface area (Å²) in [6.45, 7) is 4.64. The third-order valence-corrected chi connectivity index (χ3v) is 5.88. The molecule has 0 bridgehead atoms. The number of cyclic esters (lactones) is 1. The number of rotatable bonds is 9. The highest BCUT2D eigenvalue weighted by molar-refractivity contribution is 7.99. The van der Waals surface area contributed by atoms with Gasteiger partial charge in [0.1, 0.15) is 6.33 Å². The number of ether oxygens (including phenoxy) is 3. The van der Waals surface area contributed by atoms with Crippen LogP contribution in [0.5, 0.6) is 11.5 Å². The first kappa shape index (κ1) is 24.0. The van der Waals surface area contributed by atoms with Crippen LogP contribution in [0.4, 0.5) is 5.69 Å². The van der Waals surface area contributed by atoms with Crippen LogP contribution in [0.3, 0.4) is 0 Å². The molecule has 4 rings (SSSR count). The monoisotopic (exact) mass is 495 g/mol. The molecule has 180 valence electrons. The van der Waals surface area contributed by atoms with E-state index < -0.39 is 10.9 Å². The zero-order valence-electron chi connectivity index (χ0n) is 19.1. The third kappa shape index (κ3) is 5.32. The van der Waals surface area contributed by atoms with Gasteiger partial charge in [0, 0.05) is 18.7 Å². The summed E-state index contributed by atoms with van der Waals surface area (Å²) in [4.78, 5) is 28.3. The molecule has 0 saturated heterocycles. The van der Waals surface area contributed by atoms with Gasteiger partial charge in [-0.15, -0.1) is 10.2 Å². The zero-order chi connectivity index (χ0) is 24.9. The van der Waals surface area contributed by atoms with E-state index in [-0.39, 0.29) is 17.3 Å². The van der Waals surface area contributed by atoms with E-state index in [1.54, 1.807) is 41.9 Å². The van der Waals surface area contributed by atoms with Crippen LogP contribution in [-0.2, 0) is 16.6 Å². The summed E-state index contributed by atoms with van der Waals surface area (Å²) in [6.07, 6.45) is 2.95. The largest absolute Gasteiger partial charge is 0.490 e. The topological polar surface area (TPSA) is 131 Å². The highest BCUT2D eigenvalue weighted by Gasteiger charge is 2.26. The lowest BCUT2D eigenvalue weighted by Crippen LogP contribution is -2.06. The van der Waals surface area contributed by atoms with Gasteiger partial charge in [0.25, 0.3) is 5.69 Å². The number of carbonyl (C=O) groups excluding carboxylic acids is 1. The summed E-state index contributed by atoms with van der Waals surface area (Å²) in [5.41, 5.74) is 0.860. The normalized spacial score (nSPS) is 14.1. The molecule has 1 aromatic heterocycles. The lowest BCUT2D eigenvalue weighted by molar-refractivity contribution is -0.387. The maximum absolute atomic E-state index is 12.5. The van der Waals surface area contributed by atoms with E-state index in [1.807, 2.05) is 13.8 Å². The maximum atomic E-state index is 12.5. The van der Waals surface area contributed by atoms with Crippen molar-refractivity contribution in [2.75, 3.05) is 13.2 Å². The van der Waals surface area contributed by atoms with Gasteiger partial charge in [-0.2, -0.15) is 0 Å². The summed E-state index contributed by atoms with van der Waals surface area (Å²) < 4.78 is 18.2. The standard InChI is InChI=1S/C23H21N5O6S/c1-4-32-18-8-7-15(12-19(18)33-5-2)21-25-16(22(29)34-21)10-14-6-9-20(17(11-14)28(30)31)35-23-26-24-13-27(23)3/h6-13H,4-5H2,1-3H3/b16-10+. The second-order valence-electron chi connectivity index (χ2n) is 7.17. The molecule has 0 amide bonds. The van der Waals surface area contributed by atoms with Crippen molar-refractivity contribution in [2.24, 2.45) is 12.0 Å². The second kappa shape index (κ2) is 10.4. The highest BCUT2D eigenvalue weighted by atomic mass is 32.2. The Morgan fingerprint density at radius 1 is 1.14 bits per heavy atom. The number of aryl methyl sites for hydroxylation is 1. The first-order valence-corrected chi connectivity index (χ1v) is 11.4. The molecule has 0 spiro atoms. The molecule has 2 aromatic carbocycles. The van der Waals surface area contributed by atoms with E-state index in [2.05, 4.69) is 15.2 Å². The molecule has 0 N–H and O–H groups in total. The van der Waals surface area contributed by atoms with Gasteiger partial charge in [0.2, 0.25) is 5.90 Å². The van der Waals surface area contributed by atoms with E-state index in [0.29, 0.717) is 45.9 Å². The number of hydrogen-bond acceptors (Lipinski definition) is 10. The van der Waals surface area contributed by atoms with Gasteiger partial charge >= 0.3 is 5.97 Å². The highest BCUT2D eigenvalue weighted by Crippen LogP contribution is 2.35. The number of aliphatic imine (C=N–C) groups is 1. The van der Waals surface area contributed by atoms with E-state index in [1.165, 1.54) is 18.5 Å². The Morgan fingerprint density at radius 2 is 1.91 bits per heavy atom. The molecular weight excluding hydrogens is 474 g/mol. The molecule has 1 aliphatic heterocycles. The first-order chi connectivity index (χ1) is 16.9. The summed E-state index contributed by atoms with van der Waals surface area (Å²) >= 11 is 1.12.